The summed E-state index contributed by atoms with van der Waals surface area (Å²) in [5, 5.41) is 2.51. The fourth-order valence-electron chi connectivity index (χ4n) is 2.93. The van der Waals surface area contributed by atoms with Crippen molar-refractivity contribution < 1.29 is 18.7 Å². The summed E-state index contributed by atoms with van der Waals surface area (Å²) in [6.07, 6.45) is 1.87. The molecular formula is C21H21FN2O3. The van der Waals surface area contributed by atoms with Crippen molar-refractivity contribution in [3.05, 3.63) is 77.6 Å². The van der Waals surface area contributed by atoms with Crippen LogP contribution in [0.25, 0.3) is 0 Å². The normalized spacial score (nSPS) is 12.9. The third-order valence-corrected chi connectivity index (χ3v) is 4.46. The monoisotopic (exact) mass is 368 g/mol. The Morgan fingerprint density at radius 2 is 1.96 bits per heavy atom. The molecule has 0 unspecified atom stereocenters. The number of benzene rings is 2. The van der Waals surface area contributed by atoms with Gasteiger partial charge in [0.1, 0.15) is 18.2 Å². The van der Waals surface area contributed by atoms with Crippen LogP contribution in [0.2, 0.25) is 0 Å². The number of halogens is 1. The molecule has 0 spiro atoms. The summed E-state index contributed by atoms with van der Waals surface area (Å²) < 4.78 is 18.7. The lowest BCUT2D eigenvalue weighted by Gasteiger charge is -2.29. The van der Waals surface area contributed by atoms with Crippen LogP contribution in [0, 0.1) is 5.82 Å². The summed E-state index contributed by atoms with van der Waals surface area (Å²) in [4.78, 5) is 25.1. The molecule has 3 rings (SSSR count). The predicted molar refractivity (Wildman–Crippen MR) is 99.5 cm³/mol. The zero-order valence-corrected chi connectivity index (χ0v) is 14.9. The molecule has 0 fully saturated rings. The third-order valence-electron chi connectivity index (χ3n) is 4.46. The fourth-order valence-corrected chi connectivity index (χ4v) is 2.93. The molecule has 0 saturated carbocycles. The number of carbonyl (C=O) groups is 2. The Bertz CT molecular complexity index is 849. The zero-order chi connectivity index (χ0) is 19.2. The van der Waals surface area contributed by atoms with Gasteiger partial charge in [-0.25, -0.2) is 4.39 Å². The highest BCUT2D eigenvalue weighted by Gasteiger charge is 2.21. The van der Waals surface area contributed by atoms with E-state index in [0.717, 1.165) is 34.9 Å². The SMILES string of the molecule is C=CC(=O)NCC(=O)N1CCc2cc(OCc3ccc(F)cc3)ccc2C1. The van der Waals surface area contributed by atoms with Crippen molar-refractivity contribution in [3.8, 4) is 5.75 Å². The minimum absolute atomic E-state index is 0.0287. The van der Waals surface area contributed by atoms with Gasteiger partial charge in [0, 0.05) is 13.1 Å². The summed E-state index contributed by atoms with van der Waals surface area (Å²) in [5.41, 5.74) is 3.11. The second-order valence-electron chi connectivity index (χ2n) is 6.33. The molecule has 2 aromatic carbocycles. The van der Waals surface area contributed by atoms with Crippen molar-refractivity contribution in [2.75, 3.05) is 13.1 Å². The van der Waals surface area contributed by atoms with Gasteiger partial charge >= 0.3 is 0 Å². The Labute approximate surface area is 157 Å². The molecule has 0 bridgehead atoms. The van der Waals surface area contributed by atoms with Crippen molar-refractivity contribution in [1.29, 1.82) is 0 Å². The molecule has 0 aromatic heterocycles. The molecule has 1 heterocycles. The number of nitrogens with one attached hydrogen (secondary N) is 1. The Hall–Kier alpha value is -3.15. The standard InChI is InChI=1S/C21H21FN2O3/c1-2-20(25)23-12-21(26)24-10-9-16-11-19(8-5-17(16)13-24)27-14-15-3-6-18(22)7-4-15/h2-8,11H,1,9-10,12-14H2,(H,23,25). The molecule has 2 amide bonds. The molecule has 0 radical (unpaired) electrons. The molecule has 1 aliphatic rings. The van der Waals surface area contributed by atoms with Crippen molar-refractivity contribution in [3.63, 3.8) is 0 Å². The summed E-state index contributed by atoms with van der Waals surface area (Å²) in [7, 11) is 0. The van der Waals surface area contributed by atoms with E-state index in [4.69, 9.17) is 4.74 Å². The number of fused-ring (bicyclic) bond motifs is 1. The maximum absolute atomic E-state index is 12.9. The summed E-state index contributed by atoms with van der Waals surface area (Å²) in [6.45, 7) is 4.81. The molecule has 0 saturated heterocycles. The number of nitrogens with zero attached hydrogens (tertiary/aromatic N) is 1. The van der Waals surface area contributed by atoms with Crippen LogP contribution in [0.4, 0.5) is 4.39 Å². The van der Waals surface area contributed by atoms with E-state index in [0.29, 0.717) is 19.7 Å². The van der Waals surface area contributed by atoms with E-state index in [-0.39, 0.29) is 24.2 Å². The van der Waals surface area contributed by atoms with Crippen LogP contribution < -0.4 is 10.1 Å². The number of carbonyl (C=O) groups excluding carboxylic acids is 2. The lowest BCUT2D eigenvalue weighted by atomic mass is 9.99. The van der Waals surface area contributed by atoms with Gasteiger partial charge in [-0.05, 0) is 53.5 Å². The molecule has 5 nitrogen and oxygen atoms in total. The highest BCUT2D eigenvalue weighted by molar-refractivity contribution is 5.90. The first-order valence-electron chi connectivity index (χ1n) is 8.72. The first-order chi connectivity index (χ1) is 13.0. The summed E-state index contributed by atoms with van der Waals surface area (Å²) in [6, 6.07) is 12.0. The van der Waals surface area contributed by atoms with Crippen LogP contribution in [-0.2, 0) is 29.2 Å². The van der Waals surface area contributed by atoms with Gasteiger partial charge in [0.05, 0.1) is 6.54 Å². The number of hydrogen-bond acceptors (Lipinski definition) is 3. The van der Waals surface area contributed by atoms with Gasteiger partial charge < -0.3 is 15.0 Å². The smallest absolute Gasteiger partial charge is 0.243 e. The minimum atomic E-state index is -0.358. The molecular weight excluding hydrogens is 347 g/mol. The van der Waals surface area contributed by atoms with Crippen LogP contribution in [0.1, 0.15) is 16.7 Å². The van der Waals surface area contributed by atoms with Gasteiger partial charge in [0.2, 0.25) is 11.8 Å². The molecule has 27 heavy (non-hydrogen) atoms. The second-order valence-corrected chi connectivity index (χ2v) is 6.33. The lowest BCUT2D eigenvalue weighted by Crippen LogP contribution is -2.42. The summed E-state index contributed by atoms with van der Waals surface area (Å²) >= 11 is 0. The van der Waals surface area contributed by atoms with E-state index in [2.05, 4.69) is 11.9 Å². The molecule has 1 N–H and O–H groups in total. The Kier molecular flexibility index (Phi) is 5.86. The number of rotatable bonds is 6. The topological polar surface area (TPSA) is 58.6 Å². The predicted octanol–water partition coefficient (Wildman–Crippen LogP) is 2.59. The second kappa shape index (κ2) is 8.49. The van der Waals surface area contributed by atoms with Gasteiger partial charge in [-0.3, -0.25) is 9.59 Å². The molecule has 1 aliphatic heterocycles. The van der Waals surface area contributed by atoms with Crippen LogP contribution in [-0.4, -0.2) is 29.8 Å². The largest absolute Gasteiger partial charge is 0.489 e. The highest BCUT2D eigenvalue weighted by Crippen LogP contribution is 2.24. The maximum Gasteiger partial charge on any atom is 0.243 e. The average Bonchev–Trinajstić information content (AvgIpc) is 2.70. The first-order valence-corrected chi connectivity index (χ1v) is 8.72. The minimum Gasteiger partial charge on any atom is -0.489 e. The van der Waals surface area contributed by atoms with Crippen LogP contribution >= 0.6 is 0 Å². The summed E-state index contributed by atoms with van der Waals surface area (Å²) in [5.74, 6) is 0.00276. The van der Waals surface area contributed by atoms with E-state index in [1.807, 2.05) is 18.2 Å². The maximum atomic E-state index is 12.9. The molecule has 140 valence electrons. The number of amides is 2. The van der Waals surface area contributed by atoms with E-state index in [1.54, 1.807) is 17.0 Å². The number of ether oxygens (including phenoxy) is 1. The third kappa shape index (κ3) is 4.94. The van der Waals surface area contributed by atoms with Gasteiger partial charge in [0.15, 0.2) is 0 Å². The van der Waals surface area contributed by atoms with Crippen molar-refractivity contribution in [1.82, 2.24) is 10.2 Å². The molecule has 6 heteroatoms. The molecule has 0 aliphatic carbocycles. The fraction of sp³-hybridized carbons (Fsp3) is 0.238. The number of hydrogen-bond donors (Lipinski definition) is 1. The van der Waals surface area contributed by atoms with E-state index in [9.17, 15) is 14.0 Å². The van der Waals surface area contributed by atoms with Crippen molar-refractivity contribution >= 4 is 11.8 Å². The van der Waals surface area contributed by atoms with Gasteiger partial charge in [0.25, 0.3) is 0 Å². The quantitative estimate of drug-likeness (QED) is 0.798. The van der Waals surface area contributed by atoms with E-state index in [1.165, 1.54) is 12.1 Å². The Balaban J connectivity index is 1.57. The average molecular weight is 368 g/mol. The Morgan fingerprint density at radius 1 is 1.19 bits per heavy atom. The van der Waals surface area contributed by atoms with Crippen LogP contribution in [0.3, 0.4) is 0 Å². The Morgan fingerprint density at radius 3 is 2.70 bits per heavy atom. The van der Waals surface area contributed by atoms with Crippen LogP contribution in [0.15, 0.2) is 55.1 Å². The van der Waals surface area contributed by atoms with Gasteiger partial charge in [-0.15, -0.1) is 0 Å². The van der Waals surface area contributed by atoms with E-state index < -0.39 is 0 Å². The van der Waals surface area contributed by atoms with Gasteiger partial charge in [-0.1, -0.05) is 24.8 Å². The molecule has 0 atom stereocenters. The zero-order valence-electron chi connectivity index (χ0n) is 14.9. The van der Waals surface area contributed by atoms with Crippen molar-refractivity contribution in [2.24, 2.45) is 0 Å². The van der Waals surface area contributed by atoms with Crippen molar-refractivity contribution in [2.45, 2.75) is 19.6 Å². The van der Waals surface area contributed by atoms with Crippen LogP contribution in [0.5, 0.6) is 5.75 Å². The van der Waals surface area contributed by atoms with E-state index >= 15 is 0 Å². The highest BCUT2D eigenvalue weighted by atomic mass is 19.1. The molecule has 2 aromatic rings. The van der Waals surface area contributed by atoms with Gasteiger partial charge in [-0.2, -0.15) is 0 Å². The lowest BCUT2D eigenvalue weighted by molar-refractivity contribution is -0.132. The first kappa shape index (κ1) is 18.6.